The predicted molar refractivity (Wildman–Crippen MR) is 95.3 cm³/mol. The van der Waals surface area contributed by atoms with Gasteiger partial charge in [-0.15, -0.1) is 0 Å². The van der Waals surface area contributed by atoms with Crippen LogP contribution in [-0.2, 0) is 4.79 Å². The number of aliphatic imine (C=N–C) groups is 1. The Bertz CT molecular complexity index is 586. The maximum atomic E-state index is 11.7. The summed E-state index contributed by atoms with van der Waals surface area (Å²) >= 11 is 0. The monoisotopic (exact) mass is 333 g/mol. The summed E-state index contributed by atoms with van der Waals surface area (Å²) in [4.78, 5) is 31.0. The molecule has 1 saturated heterocycles. The van der Waals surface area contributed by atoms with Crippen LogP contribution in [0.2, 0.25) is 0 Å². The molecule has 0 saturated carbocycles. The van der Waals surface area contributed by atoms with Crippen molar-refractivity contribution in [1.29, 1.82) is 0 Å². The molecule has 1 amide bonds. The van der Waals surface area contributed by atoms with E-state index in [1.165, 1.54) is 0 Å². The summed E-state index contributed by atoms with van der Waals surface area (Å²) < 4.78 is 0. The van der Waals surface area contributed by atoms with Gasteiger partial charge in [0.25, 0.3) is 0 Å². The number of piperazine rings is 1. The summed E-state index contributed by atoms with van der Waals surface area (Å²) in [5, 5.41) is 3.13. The first-order valence-electron chi connectivity index (χ1n) is 8.13. The Kier molecular flexibility index (Phi) is 5.94. The fourth-order valence-corrected chi connectivity index (χ4v) is 2.61. The number of nitrogens with zero attached hydrogens (tertiary/aromatic N) is 6. The molecular formula is C16H27N7O. The number of carbonyl (C=O) groups excluding carboxylic acids is 1. The number of hydrogen-bond acceptors (Lipinski definition) is 5. The average molecular weight is 333 g/mol. The van der Waals surface area contributed by atoms with Crippen LogP contribution >= 0.6 is 0 Å². The third kappa shape index (κ3) is 4.56. The summed E-state index contributed by atoms with van der Waals surface area (Å²) in [6.07, 6.45) is 0. The van der Waals surface area contributed by atoms with Crippen LogP contribution in [0.1, 0.15) is 11.4 Å². The number of guanidine groups is 1. The van der Waals surface area contributed by atoms with Crippen molar-refractivity contribution in [2.45, 2.75) is 13.8 Å². The molecular weight excluding hydrogens is 306 g/mol. The van der Waals surface area contributed by atoms with E-state index < -0.39 is 0 Å². The third-order valence-electron chi connectivity index (χ3n) is 3.94. The highest BCUT2D eigenvalue weighted by Gasteiger charge is 2.22. The van der Waals surface area contributed by atoms with Crippen LogP contribution in [-0.4, -0.2) is 85.5 Å². The van der Waals surface area contributed by atoms with E-state index in [0.29, 0.717) is 0 Å². The summed E-state index contributed by atoms with van der Waals surface area (Å²) in [7, 11) is 5.23. The number of rotatable bonds is 3. The van der Waals surface area contributed by atoms with Gasteiger partial charge in [0, 0.05) is 58.7 Å². The number of amides is 1. The highest BCUT2D eigenvalue weighted by molar-refractivity contribution is 5.86. The van der Waals surface area contributed by atoms with E-state index >= 15 is 0 Å². The first-order valence-corrected chi connectivity index (χ1v) is 8.13. The lowest BCUT2D eigenvalue weighted by atomic mass is 10.3. The minimum Gasteiger partial charge on any atom is -0.347 e. The number of anilines is 1. The molecule has 2 rings (SSSR count). The van der Waals surface area contributed by atoms with Gasteiger partial charge in [-0.05, 0) is 19.9 Å². The molecule has 8 heteroatoms. The molecule has 0 radical (unpaired) electrons. The number of aromatic nitrogens is 2. The minimum absolute atomic E-state index is 0.0263. The first kappa shape index (κ1) is 18.0. The largest absolute Gasteiger partial charge is 0.347 e. The summed E-state index contributed by atoms with van der Waals surface area (Å²) in [5.41, 5.74) is 1.97. The molecule has 1 aliphatic rings. The lowest BCUT2D eigenvalue weighted by molar-refractivity contribution is -0.127. The summed E-state index contributed by atoms with van der Waals surface area (Å²) in [5.74, 6) is 1.57. The molecule has 0 unspecified atom stereocenters. The maximum absolute atomic E-state index is 11.7. The van der Waals surface area contributed by atoms with Crippen molar-refractivity contribution in [3.63, 3.8) is 0 Å². The molecule has 0 spiro atoms. The van der Waals surface area contributed by atoms with Crippen molar-refractivity contribution >= 4 is 17.8 Å². The lowest BCUT2D eigenvalue weighted by Gasteiger charge is -2.36. The van der Waals surface area contributed by atoms with E-state index in [1.54, 1.807) is 26.0 Å². The fraction of sp³-hybridized carbons (Fsp3) is 0.625. The zero-order valence-corrected chi connectivity index (χ0v) is 15.2. The maximum Gasteiger partial charge on any atom is 0.241 e. The predicted octanol–water partition coefficient (Wildman–Crippen LogP) is -0.121. The van der Waals surface area contributed by atoms with Crippen molar-refractivity contribution < 1.29 is 4.79 Å². The zero-order chi connectivity index (χ0) is 17.7. The molecule has 1 fully saturated rings. The number of hydrogen-bond donors (Lipinski definition) is 1. The first-order chi connectivity index (χ1) is 11.4. The summed E-state index contributed by atoms with van der Waals surface area (Å²) in [6.45, 7) is 7.50. The van der Waals surface area contributed by atoms with Gasteiger partial charge in [-0.1, -0.05) is 0 Å². The minimum atomic E-state index is 0.0263. The Morgan fingerprint density at radius 2 is 1.79 bits per heavy atom. The van der Waals surface area contributed by atoms with Crippen LogP contribution in [0.3, 0.4) is 0 Å². The van der Waals surface area contributed by atoms with Gasteiger partial charge in [-0.3, -0.25) is 9.79 Å². The molecule has 0 atom stereocenters. The molecule has 1 aromatic heterocycles. The zero-order valence-electron chi connectivity index (χ0n) is 15.2. The van der Waals surface area contributed by atoms with Gasteiger partial charge in [0.05, 0.1) is 6.54 Å². The fourth-order valence-electron chi connectivity index (χ4n) is 2.61. The third-order valence-corrected chi connectivity index (χ3v) is 3.94. The summed E-state index contributed by atoms with van der Waals surface area (Å²) in [6, 6.07) is 1.98. The highest BCUT2D eigenvalue weighted by Crippen LogP contribution is 2.13. The molecule has 1 N–H and O–H groups in total. The van der Waals surface area contributed by atoms with Crippen LogP contribution in [0.5, 0.6) is 0 Å². The van der Waals surface area contributed by atoms with Crippen molar-refractivity contribution in [3.8, 4) is 0 Å². The van der Waals surface area contributed by atoms with E-state index in [0.717, 1.165) is 49.5 Å². The van der Waals surface area contributed by atoms with Gasteiger partial charge >= 0.3 is 0 Å². The Morgan fingerprint density at radius 3 is 2.29 bits per heavy atom. The normalized spacial score (nSPS) is 15.5. The van der Waals surface area contributed by atoms with Crippen molar-refractivity contribution in [2.24, 2.45) is 4.99 Å². The van der Waals surface area contributed by atoms with E-state index in [-0.39, 0.29) is 12.5 Å². The van der Waals surface area contributed by atoms with E-state index in [4.69, 9.17) is 0 Å². The van der Waals surface area contributed by atoms with Crippen LogP contribution in [0, 0.1) is 13.8 Å². The Hall–Kier alpha value is -2.38. The lowest BCUT2D eigenvalue weighted by Crippen LogP contribution is -2.54. The van der Waals surface area contributed by atoms with Crippen molar-refractivity contribution in [1.82, 2.24) is 25.1 Å². The molecule has 24 heavy (non-hydrogen) atoms. The topological polar surface area (TPSA) is 77.0 Å². The van der Waals surface area contributed by atoms with Crippen molar-refractivity contribution in [2.75, 3.05) is 58.8 Å². The number of carbonyl (C=O) groups is 1. The van der Waals surface area contributed by atoms with Crippen LogP contribution in [0.15, 0.2) is 11.1 Å². The smallest absolute Gasteiger partial charge is 0.241 e. The van der Waals surface area contributed by atoms with Crippen molar-refractivity contribution in [3.05, 3.63) is 17.5 Å². The Labute approximate surface area is 143 Å². The Morgan fingerprint density at radius 1 is 1.21 bits per heavy atom. The molecule has 0 bridgehead atoms. The Balaban J connectivity index is 1.92. The van der Waals surface area contributed by atoms with Crippen LogP contribution in [0.4, 0.5) is 5.95 Å². The van der Waals surface area contributed by atoms with E-state index in [9.17, 15) is 4.79 Å². The molecule has 1 aromatic rings. The number of aryl methyl sites for hydroxylation is 2. The van der Waals surface area contributed by atoms with Gasteiger partial charge in [0.2, 0.25) is 11.9 Å². The second-order valence-electron chi connectivity index (χ2n) is 6.11. The van der Waals surface area contributed by atoms with E-state index in [2.05, 4.69) is 30.1 Å². The van der Waals surface area contributed by atoms with Gasteiger partial charge < -0.3 is 20.0 Å². The van der Waals surface area contributed by atoms with Crippen LogP contribution < -0.4 is 10.2 Å². The second kappa shape index (κ2) is 7.94. The van der Waals surface area contributed by atoms with Gasteiger partial charge in [0.15, 0.2) is 5.96 Å². The molecule has 1 aliphatic heterocycles. The second-order valence-corrected chi connectivity index (χ2v) is 6.11. The molecule has 8 nitrogen and oxygen atoms in total. The standard InChI is InChI=1S/C16H27N7O/c1-12-10-13(2)20-16(19-12)23-8-6-22(7-9-23)15(17-3)18-11-14(24)21(4)5/h10H,6-9,11H2,1-5H3,(H,17,18). The molecule has 0 aliphatic carbocycles. The number of likely N-dealkylation sites (N-methyl/N-ethyl adjacent to an activating group) is 1. The average Bonchev–Trinajstić information content (AvgIpc) is 2.54. The molecule has 2 heterocycles. The molecule has 132 valence electrons. The SMILES string of the molecule is CN=C(NCC(=O)N(C)C)N1CCN(c2nc(C)cc(C)n2)CC1. The van der Waals surface area contributed by atoms with Gasteiger partial charge in [-0.2, -0.15) is 0 Å². The van der Waals surface area contributed by atoms with Gasteiger partial charge in [0.1, 0.15) is 0 Å². The highest BCUT2D eigenvalue weighted by atomic mass is 16.2. The number of nitrogens with one attached hydrogen (secondary N) is 1. The van der Waals surface area contributed by atoms with Crippen LogP contribution in [0.25, 0.3) is 0 Å². The van der Waals surface area contributed by atoms with Gasteiger partial charge in [-0.25, -0.2) is 9.97 Å². The van der Waals surface area contributed by atoms with E-state index in [1.807, 2.05) is 19.9 Å². The molecule has 0 aromatic carbocycles. The quantitative estimate of drug-likeness (QED) is 0.614.